The third kappa shape index (κ3) is 6.51. The van der Waals surface area contributed by atoms with Crippen molar-refractivity contribution in [2.75, 3.05) is 0 Å². The second kappa shape index (κ2) is 14.7. The lowest BCUT2D eigenvalue weighted by molar-refractivity contribution is 1.37. The molecule has 4 nitrogen and oxygen atoms in total. The molecule has 4 heterocycles. The van der Waals surface area contributed by atoms with Gasteiger partial charge in [0.25, 0.3) is 0 Å². The Bertz CT molecular complexity index is 3630. The summed E-state index contributed by atoms with van der Waals surface area (Å²) in [6.07, 6.45) is 1.83. The molecule has 288 valence electrons. The van der Waals surface area contributed by atoms with Crippen LogP contribution in [0.25, 0.3) is 122 Å². The Labute approximate surface area is 358 Å². The molecule has 0 spiro atoms. The number of pyridine rings is 4. The fourth-order valence-corrected chi connectivity index (χ4v) is 8.74. The Hall–Kier alpha value is -8.34. The SMILES string of the molecule is c1ccc(-c2cc(-c3ccccc3)cc(-c3ccc4cc(-c5ccc6ccc(-c7ccc8cc(-c9ccc%10ccc%11cccnc%11c%10n9)ccc8c7)nc6c5)ccc4n3)c2)cc1. The number of hydrogen-bond acceptors (Lipinski definition) is 4. The molecule has 0 atom stereocenters. The average molecular weight is 789 g/mol. The zero-order valence-corrected chi connectivity index (χ0v) is 33.6. The molecule has 0 amide bonds. The van der Waals surface area contributed by atoms with Crippen molar-refractivity contribution in [1.29, 1.82) is 0 Å². The van der Waals surface area contributed by atoms with Crippen LogP contribution >= 0.6 is 0 Å². The summed E-state index contributed by atoms with van der Waals surface area (Å²) in [4.78, 5) is 20.1. The van der Waals surface area contributed by atoms with Gasteiger partial charge in [0.2, 0.25) is 0 Å². The minimum Gasteiger partial charge on any atom is -0.254 e. The van der Waals surface area contributed by atoms with Gasteiger partial charge in [-0.2, -0.15) is 0 Å². The summed E-state index contributed by atoms with van der Waals surface area (Å²) in [6, 6.07) is 75.2. The predicted octanol–water partition coefficient (Wildman–Crippen LogP) is 15.0. The molecule has 0 aliphatic heterocycles. The summed E-state index contributed by atoms with van der Waals surface area (Å²) < 4.78 is 0. The summed E-state index contributed by atoms with van der Waals surface area (Å²) in [5.41, 5.74) is 16.8. The van der Waals surface area contributed by atoms with Gasteiger partial charge in [0, 0.05) is 44.4 Å². The van der Waals surface area contributed by atoms with Crippen LogP contribution in [0.15, 0.2) is 219 Å². The van der Waals surface area contributed by atoms with Crippen molar-refractivity contribution in [2.24, 2.45) is 0 Å². The Morgan fingerprint density at radius 1 is 0.226 bits per heavy atom. The molecular formula is C58H36N4. The van der Waals surface area contributed by atoms with Crippen molar-refractivity contribution in [3.63, 3.8) is 0 Å². The number of hydrogen-bond donors (Lipinski definition) is 0. The first kappa shape index (κ1) is 35.6. The van der Waals surface area contributed by atoms with Gasteiger partial charge in [0.05, 0.1) is 39.1 Å². The number of nitrogens with zero attached hydrogens (tertiary/aromatic N) is 4. The predicted molar refractivity (Wildman–Crippen MR) is 258 cm³/mol. The number of rotatable bonds is 6. The summed E-state index contributed by atoms with van der Waals surface area (Å²) in [6.45, 7) is 0. The number of benzene rings is 8. The van der Waals surface area contributed by atoms with Crippen molar-refractivity contribution in [1.82, 2.24) is 19.9 Å². The van der Waals surface area contributed by atoms with Gasteiger partial charge in [-0.25, -0.2) is 15.0 Å². The zero-order valence-electron chi connectivity index (χ0n) is 33.6. The largest absolute Gasteiger partial charge is 0.254 e. The van der Waals surface area contributed by atoms with Gasteiger partial charge >= 0.3 is 0 Å². The molecule has 12 rings (SSSR count). The van der Waals surface area contributed by atoms with Crippen LogP contribution in [0.1, 0.15) is 0 Å². The second-order valence-electron chi connectivity index (χ2n) is 15.9. The molecule has 0 N–H and O–H groups in total. The maximum atomic E-state index is 5.19. The quantitative estimate of drug-likeness (QED) is 0.158. The smallest absolute Gasteiger partial charge is 0.0972 e. The highest BCUT2D eigenvalue weighted by atomic mass is 14.8. The molecule has 0 bridgehead atoms. The highest BCUT2D eigenvalue weighted by Crippen LogP contribution is 2.35. The third-order valence-electron chi connectivity index (χ3n) is 12.0. The maximum Gasteiger partial charge on any atom is 0.0972 e. The second-order valence-corrected chi connectivity index (χ2v) is 15.9. The van der Waals surface area contributed by atoms with E-state index < -0.39 is 0 Å². The highest BCUT2D eigenvalue weighted by Gasteiger charge is 2.12. The minimum atomic E-state index is 0.924. The van der Waals surface area contributed by atoms with E-state index >= 15 is 0 Å². The van der Waals surface area contributed by atoms with Crippen LogP contribution in [-0.2, 0) is 0 Å². The summed E-state index contributed by atoms with van der Waals surface area (Å²) in [7, 11) is 0. The number of fused-ring (bicyclic) bond motifs is 6. The minimum absolute atomic E-state index is 0.924. The summed E-state index contributed by atoms with van der Waals surface area (Å²) in [5.74, 6) is 0. The van der Waals surface area contributed by atoms with E-state index in [-0.39, 0.29) is 0 Å². The topological polar surface area (TPSA) is 51.6 Å². The van der Waals surface area contributed by atoms with E-state index in [9.17, 15) is 0 Å². The van der Waals surface area contributed by atoms with Gasteiger partial charge in [-0.1, -0.05) is 140 Å². The van der Waals surface area contributed by atoms with Gasteiger partial charge < -0.3 is 0 Å². The van der Waals surface area contributed by atoms with Crippen LogP contribution in [-0.4, -0.2) is 19.9 Å². The summed E-state index contributed by atoms with van der Waals surface area (Å²) >= 11 is 0. The molecule has 0 radical (unpaired) electrons. The lowest BCUT2D eigenvalue weighted by atomic mass is 9.94. The van der Waals surface area contributed by atoms with Crippen molar-refractivity contribution in [3.8, 4) is 67.2 Å². The first-order valence-corrected chi connectivity index (χ1v) is 20.9. The van der Waals surface area contributed by atoms with E-state index in [0.29, 0.717) is 0 Å². The van der Waals surface area contributed by atoms with E-state index in [2.05, 4.69) is 211 Å². The van der Waals surface area contributed by atoms with E-state index in [0.717, 1.165) is 99.3 Å². The Morgan fingerprint density at radius 2 is 0.710 bits per heavy atom. The van der Waals surface area contributed by atoms with Gasteiger partial charge in [-0.15, -0.1) is 0 Å². The van der Waals surface area contributed by atoms with Crippen molar-refractivity contribution < 1.29 is 0 Å². The zero-order chi connectivity index (χ0) is 41.0. The highest BCUT2D eigenvalue weighted by molar-refractivity contribution is 6.03. The van der Waals surface area contributed by atoms with Crippen LogP contribution in [0.4, 0.5) is 0 Å². The first-order chi connectivity index (χ1) is 30.6. The molecular weight excluding hydrogens is 753 g/mol. The van der Waals surface area contributed by atoms with Gasteiger partial charge in [0.15, 0.2) is 0 Å². The Balaban J connectivity index is 0.840. The Kier molecular flexibility index (Phi) is 8.46. The summed E-state index contributed by atoms with van der Waals surface area (Å²) in [5, 5.41) is 6.69. The molecule has 12 aromatic rings. The van der Waals surface area contributed by atoms with Crippen LogP contribution < -0.4 is 0 Å². The molecule has 4 aromatic heterocycles. The molecule has 0 fully saturated rings. The van der Waals surface area contributed by atoms with Gasteiger partial charge in [-0.3, -0.25) is 4.98 Å². The Morgan fingerprint density at radius 3 is 1.42 bits per heavy atom. The normalized spacial score (nSPS) is 11.5. The molecule has 0 saturated carbocycles. The van der Waals surface area contributed by atoms with E-state index in [1.807, 2.05) is 12.3 Å². The fourth-order valence-electron chi connectivity index (χ4n) is 8.74. The average Bonchev–Trinajstić information content (AvgIpc) is 3.35. The maximum absolute atomic E-state index is 5.19. The van der Waals surface area contributed by atoms with Gasteiger partial charge in [0.1, 0.15) is 0 Å². The van der Waals surface area contributed by atoms with E-state index in [4.69, 9.17) is 15.0 Å². The van der Waals surface area contributed by atoms with Crippen LogP contribution in [0.2, 0.25) is 0 Å². The first-order valence-electron chi connectivity index (χ1n) is 20.9. The van der Waals surface area contributed by atoms with Crippen LogP contribution in [0, 0.1) is 0 Å². The lowest BCUT2D eigenvalue weighted by Gasteiger charge is -2.12. The lowest BCUT2D eigenvalue weighted by Crippen LogP contribution is -1.90. The molecule has 4 heteroatoms. The third-order valence-corrected chi connectivity index (χ3v) is 12.0. The molecule has 8 aromatic carbocycles. The molecule has 0 unspecified atom stereocenters. The standard InChI is InChI=1S/C58H36N4/c1-3-8-37(9-4-1)49-33-50(38-10-5-2-6-11-38)35-51(34-49)55-28-24-48-32-44(23-27-52(48)60-55)45-16-13-39-21-25-53(61-56(39)36-45)46-19-17-43-31-47(20-18-42(43)30-46)54-26-22-41-15-14-40-12-7-29-59-57(40)58(41)62-54/h1-36H. The van der Waals surface area contributed by atoms with Crippen LogP contribution in [0.5, 0.6) is 0 Å². The van der Waals surface area contributed by atoms with Crippen molar-refractivity contribution >= 4 is 54.4 Å². The van der Waals surface area contributed by atoms with Crippen molar-refractivity contribution in [2.45, 2.75) is 0 Å². The monoisotopic (exact) mass is 788 g/mol. The molecule has 62 heavy (non-hydrogen) atoms. The molecule has 0 aliphatic rings. The van der Waals surface area contributed by atoms with Crippen LogP contribution in [0.3, 0.4) is 0 Å². The van der Waals surface area contributed by atoms with E-state index in [1.165, 1.54) is 22.3 Å². The molecule has 0 saturated heterocycles. The fraction of sp³-hybridized carbons (Fsp3) is 0. The van der Waals surface area contributed by atoms with Crippen molar-refractivity contribution in [3.05, 3.63) is 219 Å². The van der Waals surface area contributed by atoms with Gasteiger partial charge in [-0.05, 0) is 117 Å². The molecule has 0 aliphatic carbocycles. The van der Waals surface area contributed by atoms with E-state index in [1.54, 1.807) is 0 Å². The number of aromatic nitrogens is 4.